The molecule has 3 aromatic rings. The van der Waals surface area contributed by atoms with Crippen molar-refractivity contribution in [1.29, 1.82) is 0 Å². The van der Waals surface area contributed by atoms with E-state index in [9.17, 15) is 9.90 Å². The molecule has 0 spiro atoms. The molecule has 4 rings (SSSR count). The van der Waals surface area contributed by atoms with Crippen LogP contribution in [-0.2, 0) is 0 Å². The van der Waals surface area contributed by atoms with Gasteiger partial charge in [-0.15, -0.1) is 0 Å². The highest BCUT2D eigenvalue weighted by Gasteiger charge is 2.42. The van der Waals surface area contributed by atoms with Gasteiger partial charge in [0.2, 0.25) is 0 Å². The number of hydrogen-bond acceptors (Lipinski definition) is 6. The van der Waals surface area contributed by atoms with Gasteiger partial charge in [0.15, 0.2) is 5.82 Å². The van der Waals surface area contributed by atoms with E-state index in [2.05, 4.69) is 36.1 Å². The van der Waals surface area contributed by atoms with E-state index >= 15 is 0 Å². The molecule has 1 aliphatic rings. The highest BCUT2D eigenvalue weighted by atomic mass is 16.5. The van der Waals surface area contributed by atoms with Gasteiger partial charge in [0.1, 0.15) is 11.3 Å². The zero-order valence-electron chi connectivity index (χ0n) is 18.2. The number of ether oxygens (including phenoxy) is 1. The first-order valence-electron chi connectivity index (χ1n) is 10.4. The maximum Gasteiger partial charge on any atom is 0.407 e. The third kappa shape index (κ3) is 3.99. The maximum atomic E-state index is 11.9. The first kappa shape index (κ1) is 20.9. The monoisotopic (exact) mass is 424 g/mol. The Balaban J connectivity index is 1.71. The van der Waals surface area contributed by atoms with Gasteiger partial charge < -0.3 is 20.1 Å². The number of likely N-dealkylation sites (tertiary alicyclic amines) is 1. The number of piperidine rings is 1. The van der Waals surface area contributed by atoms with Gasteiger partial charge in [0, 0.05) is 18.8 Å². The lowest BCUT2D eigenvalue weighted by atomic mass is 9.77. The standard InChI is InChI=1S/C22H28N6O3/c1-22(2,3)18-14(8-7-11-28(18)21(29)30)25-19-20(31-4)24-12-15(26-19)16-13-23-17-9-5-6-10-27(16)17/h5-6,9-10,12-14,18H,7-8,11H2,1-4H3,(H,25,26)(H,29,30)/t14-,18?/m1/s1. The molecule has 9 heteroatoms. The minimum absolute atomic E-state index is 0.120. The summed E-state index contributed by atoms with van der Waals surface area (Å²) in [6, 6.07) is 5.46. The van der Waals surface area contributed by atoms with Crippen molar-refractivity contribution in [3.05, 3.63) is 36.8 Å². The van der Waals surface area contributed by atoms with E-state index in [0.717, 1.165) is 24.2 Å². The van der Waals surface area contributed by atoms with E-state index < -0.39 is 6.09 Å². The topological polar surface area (TPSA) is 105 Å². The molecule has 0 saturated carbocycles. The molecule has 9 nitrogen and oxygen atoms in total. The number of carbonyl (C=O) groups is 1. The number of nitrogens with one attached hydrogen (secondary N) is 1. The van der Waals surface area contributed by atoms with Crippen molar-refractivity contribution in [1.82, 2.24) is 24.3 Å². The number of fused-ring (bicyclic) bond motifs is 1. The lowest BCUT2D eigenvalue weighted by Gasteiger charge is -2.47. The summed E-state index contributed by atoms with van der Waals surface area (Å²) in [7, 11) is 1.55. The van der Waals surface area contributed by atoms with Crippen LogP contribution in [0.2, 0.25) is 0 Å². The Morgan fingerprint density at radius 1 is 1.26 bits per heavy atom. The Hall–Kier alpha value is -3.36. The Morgan fingerprint density at radius 2 is 2.06 bits per heavy atom. The second-order valence-electron chi connectivity index (χ2n) is 8.87. The van der Waals surface area contributed by atoms with E-state index in [1.165, 1.54) is 4.90 Å². The number of amides is 1. The number of carboxylic acid groups (broad SMARTS) is 1. The molecule has 0 bridgehead atoms. The minimum atomic E-state index is -0.899. The Morgan fingerprint density at radius 3 is 2.77 bits per heavy atom. The molecule has 1 fully saturated rings. The van der Waals surface area contributed by atoms with Crippen molar-refractivity contribution in [3.8, 4) is 17.3 Å². The molecule has 164 valence electrons. The fraction of sp³-hybridized carbons (Fsp3) is 0.455. The number of hydrogen-bond donors (Lipinski definition) is 2. The van der Waals surface area contributed by atoms with Gasteiger partial charge in [0.05, 0.1) is 31.2 Å². The highest BCUT2D eigenvalue weighted by molar-refractivity contribution is 5.66. The van der Waals surface area contributed by atoms with Crippen molar-refractivity contribution < 1.29 is 14.6 Å². The SMILES string of the molecule is COc1ncc(-c2cnc3ccccn23)nc1N[C@@H]1CCCN(C(=O)O)C1C(C)(C)C. The molecule has 0 radical (unpaired) electrons. The number of nitrogens with zero attached hydrogens (tertiary/aromatic N) is 5. The molecule has 0 aromatic carbocycles. The third-order valence-corrected chi connectivity index (χ3v) is 5.70. The van der Waals surface area contributed by atoms with E-state index in [-0.39, 0.29) is 17.5 Å². The number of aromatic nitrogens is 4. The lowest BCUT2D eigenvalue weighted by molar-refractivity contribution is 0.0518. The lowest BCUT2D eigenvalue weighted by Crippen LogP contribution is -2.58. The maximum absolute atomic E-state index is 11.9. The first-order valence-corrected chi connectivity index (χ1v) is 10.4. The number of rotatable bonds is 4. The molecular formula is C22H28N6O3. The van der Waals surface area contributed by atoms with Crippen LogP contribution in [-0.4, -0.2) is 61.2 Å². The van der Waals surface area contributed by atoms with Gasteiger partial charge in [-0.05, 0) is 30.4 Å². The van der Waals surface area contributed by atoms with Crippen LogP contribution in [0.15, 0.2) is 36.8 Å². The van der Waals surface area contributed by atoms with Gasteiger partial charge in [0.25, 0.3) is 5.88 Å². The van der Waals surface area contributed by atoms with Crippen molar-refractivity contribution in [3.63, 3.8) is 0 Å². The fourth-order valence-electron chi connectivity index (χ4n) is 4.47. The van der Waals surface area contributed by atoms with Crippen LogP contribution in [0, 0.1) is 5.41 Å². The normalized spacial score (nSPS) is 19.4. The number of methoxy groups -OCH3 is 1. The van der Waals surface area contributed by atoms with Crippen LogP contribution in [0.1, 0.15) is 33.6 Å². The predicted molar refractivity (Wildman–Crippen MR) is 117 cm³/mol. The predicted octanol–water partition coefficient (Wildman–Crippen LogP) is 3.77. The van der Waals surface area contributed by atoms with Crippen LogP contribution in [0.4, 0.5) is 10.6 Å². The molecule has 3 aromatic heterocycles. The van der Waals surface area contributed by atoms with E-state index in [0.29, 0.717) is 23.9 Å². The highest BCUT2D eigenvalue weighted by Crippen LogP contribution is 2.35. The van der Waals surface area contributed by atoms with Crippen LogP contribution in [0.25, 0.3) is 17.0 Å². The van der Waals surface area contributed by atoms with E-state index in [1.54, 1.807) is 19.5 Å². The smallest absolute Gasteiger partial charge is 0.407 e. The van der Waals surface area contributed by atoms with Crippen molar-refractivity contribution in [2.24, 2.45) is 5.41 Å². The second kappa shape index (κ2) is 8.05. The summed E-state index contributed by atoms with van der Waals surface area (Å²) in [4.78, 5) is 27.1. The summed E-state index contributed by atoms with van der Waals surface area (Å²) >= 11 is 0. The van der Waals surface area contributed by atoms with Crippen LogP contribution in [0.5, 0.6) is 5.88 Å². The minimum Gasteiger partial charge on any atom is -0.478 e. The van der Waals surface area contributed by atoms with Crippen LogP contribution >= 0.6 is 0 Å². The molecule has 4 heterocycles. The van der Waals surface area contributed by atoms with Gasteiger partial charge in [-0.1, -0.05) is 26.8 Å². The molecule has 0 aliphatic carbocycles. The first-order chi connectivity index (χ1) is 14.8. The zero-order valence-corrected chi connectivity index (χ0v) is 18.2. The van der Waals surface area contributed by atoms with Gasteiger partial charge in [-0.2, -0.15) is 0 Å². The molecule has 1 aliphatic heterocycles. The van der Waals surface area contributed by atoms with Crippen molar-refractivity contribution in [2.75, 3.05) is 19.0 Å². The summed E-state index contributed by atoms with van der Waals surface area (Å²) in [5, 5.41) is 13.2. The molecule has 1 saturated heterocycles. The van der Waals surface area contributed by atoms with Crippen molar-refractivity contribution >= 4 is 17.6 Å². The summed E-state index contributed by atoms with van der Waals surface area (Å²) in [6.45, 7) is 6.71. The van der Waals surface area contributed by atoms with Gasteiger partial charge in [-0.3, -0.25) is 4.40 Å². The summed E-state index contributed by atoms with van der Waals surface area (Å²) in [6.07, 6.45) is 6.06. The Kier molecular flexibility index (Phi) is 5.43. The largest absolute Gasteiger partial charge is 0.478 e. The Bertz CT molecular complexity index is 1090. The Labute approximate surface area is 181 Å². The quantitative estimate of drug-likeness (QED) is 0.657. The molecule has 2 N–H and O–H groups in total. The number of imidazole rings is 1. The van der Waals surface area contributed by atoms with Gasteiger partial charge >= 0.3 is 6.09 Å². The average molecular weight is 425 g/mol. The van der Waals surface area contributed by atoms with Crippen molar-refractivity contribution in [2.45, 2.75) is 45.7 Å². The average Bonchev–Trinajstić information content (AvgIpc) is 3.17. The molecule has 2 atom stereocenters. The molecular weight excluding hydrogens is 396 g/mol. The van der Waals surface area contributed by atoms with E-state index in [4.69, 9.17) is 9.72 Å². The molecule has 1 amide bonds. The molecule has 31 heavy (non-hydrogen) atoms. The molecule has 1 unspecified atom stereocenters. The van der Waals surface area contributed by atoms with E-state index in [1.807, 2.05) is 28.8 Å². The van der Waals surface area contributed by atoms with Gasteiger partial charge in [-0.25, -0.2) is 19.7 Å². The summed E-state index contributed by atoms with van der Waals surface area (Å²) in [5.74, 6) is 0.870. The van der Waals surface area contributed by atoms with Crippen LogP contribution in [0.3, 0.4) is 0 Å². The second-order valence-corrected chi connectivity index (χ2v) is 8.87. The van der Waals surface area contributed by atoms with Crippen LogP contribution < -0.4 is 10.1 Å². The summed E-state index contributed by atoms with van der Waals surface area (Å²) < 4.78 is 7.40. The fourth-order valence-corrected chi connectivity index (χ4v) is 4.47. The number of anilines is 1. The summed E-state index contributed by atoms with van der Waals surface area (Å²) in [5.41, 5.74) is 2.04. The zero-order chi connectivity index (χ0) is 22.2. The third-order valence-electron chi connectivity index (χ3n) is 5.70. The number of pyridine rings is 1.